The summed E-state index contributed by atoms with van der Waals surface area (Å²) in [7, 11) is 3.24. The van der Waals surface area contributed by atoms with Gasteiger partial charge in [-0.05, 0) is 75.2 Å². The first kappa shape index (κ1) is 26.0. The number of methoxy groups -OCH3 is 2. The van der Waals surface area contributed by atoms with E-state index in [9.17, 15) is 4.79 Å². The fourth-order valence-corrected chi connectivity index (χ4v) is 4.94. The lowest BCUT2D eigenvalue weighted by Crippen LogP contribution is -2.15. The van der Waals surface area contributed by atoms with Crippen LogP contribution in [0.3, 0.4) is 0 Å². The molecule has 4 atom stereocenters. The lowest BCUT2D eigenvalue weighted by Gasteiger charge is -2.19. The van der Waals surface area contributed by atoms with Gasteiger partial charge in [0.05, 0.1) is 45.2 Å². The van der Waals surface area contributed by atoms with Crippen LogP contribution in [0.4, 0.5) is 0 Å². The molecule has 4 unspecified atom stereocenters. The third kappa shape index (κ3) is 5.50. The molecular weight excluding hydrogens is 456 g/mol. The minimum absolute atomic E-state index is 0.0601. The normalized spacial score (nSPS) is 22.5. The van der Waals surface area contributed by atoms with Crippen LogP contribution >= 0.6 is 0 Å². The maximum absolute atomic E-state index is 12.6. The van der Waals surface area contributed by atoms with Crippen LogP contribution in [-0.2, 0) is 9.47 Å². The SMILES string of the molecule is COc1cc(C2OCC3C(c4ccc(C(=O)C=C(C)C)c(OC)c4)OCC23)ccc1OCC=C(C)C. The van der Waals surface area contributed by atoms with Crippen LogP contribution in [0.5, 0.6) is 17.2 Å². The van der Waals surface area contributed by atoms with Gasteiger partial charge in [0.15, 0.2) is 17.3 Å². The van der Waals surface area contributed by atoms with E-state index in [2.05, 4.69) is 0 Å². The molecule has 0 bridgehead atoms. The average Bonchev–Trinajstić information content (AvgIpc) is 3.45. The van der Waals surface area contributed by atoms with Crippen LogP contribution in [0, 0.1) is 11.8 Å². The number of hydrogen-bond donors (Lipinski definition) is 0. The van der Waals surface area contributed by atoms with Crippen molar-refractivity contribution >= 4 is 5.78 Å². The van der Waals surface area contributed by atoms with Crippen LogP contribution < -0.4 is 14.2 Å². The predicted molar refractivity (Wildman–Crippen MR) is 139 cm³/mol. The third-order valence-corrected chi connectivity index (χ3v) is 6.75. The van der Waals surface area contributed by atoms with Crippen LogP contribution in [0.25, 0.3) is 0 Å². The van der Waals surface area contributed by atoms with Crippen molar-refractivity contribution in [3.05, 3.63) is 76.4 Å². The van der Waals surface area contributed by atoms with Gasteiger partial charge in [-0.15, -0.1) is 0 Å². The molecular formula is C30H36O6. The predicted octanol–water partition coefficient (Wildman–Crippen LogP) is 6.27. The van der Waals surface area contributed by atoms with Gasteiger partial charge in [-0.1, -0.05) is 23.3 Å². The highest BCUT2D eigenvalue weighted by Crippen LogP contribution is 2.51. The number of rotatable bonds is 9. The lowest BCUT2D eigenvalue weighted by atomic mass is 9.84. The maximum Gasteiger partial charge on any atom is 0.189 e. The van der Waals surface area contributed by atoms with E-state index < -0.39 is 0 Å². The fourth-order valence-electron chi connectivity index (χ4n) is 4.94. The summed E-state index contributed by atoms with van der Waals surface area (Å²) in [6, 6.07) is 11.7. The van der Waals surface area contributed by atoms with Gasteiger partial charge >= 0.3 is 0 Å². The van der Waals surface area contributed by atoms with E-state index in [1.54, 1.807) is 20.3 Å². The lowest BCUT2D eigenvalue weighted by molar-refractivity contribution is 0.0191. The van der Waals surface area contributed by atoms with E-state index in [0.717, 1.165) is 16.7 Å². The zero-order valence-corrected chi connectivity index (χ0v) is 22.0. The number of ketones is 1. The molecule has 2 aromatic carbocycles. The molecule has 0 N–H and O–H groups in total. The summed E-state index contributed by atoms with van der Waals surface area (Å²) < 4.78 is 29.6. The molecule has 0 radical (unpaired) electrons. The number of benzene rings is 2. The summed E-state index contributed by atoms with van der Waals surface area (Å²) in [5, 5.41) is 0. The molecule has 2 fully saturated rings. The van der Waals surface area contributed by atoms with Gasteiger partial charge in [-0.2, -0.15) is 0 Å². The minimum atomic E-state index is -0.116. The van der Waals surface area contributed by atoms with Crippen molar-refractivity contribution in [3.63, 3.8) is 0 Å². The van der Waals surface area contributed by atoms with E-state index >= 15 is 0 Å². The molecule has 4 rings (SSSR count). The molecule has 2 heterocycles. The van der Waals surface area contributed by atoms with Crippen molar-refractivity contribution in [2.45, 2.75) is 39.9 Å². The molecule has 2 saturated heterocycles. The highest BCUT2D eigenvalue weighted by molar-refractivity contribution is 6.06. The van der Waals surface area contributed by atoms with Gasteiger partial charge in [0.2, 0.25) is 0 Å². The highest BCUT2D eigenvalue weighted by atomic mass is 16.5. The summed E-state index contributed by atoms with van der Waals surface area (Å²) in [6.45, 7) is 9.60. The quantitative estimate of drug-likeness (QED) is 0.233. The van der Waals surface area contributed by atoms with Crippen molar-refractivity contribution in [1.29, 1.82) is 0 Å². The monoisotopic (exact) mass is 492 g/mol. The van der Waals surface area contributed by atoms with E-state index in [-0.39, 0.29) is 29.8 Å². The number of hydrogen-bond acceptors (Lipinski definition) is 6. The second kappa shape index (κ2) is 11.3. The van der Waals surface area contributed by atoms with Crippen LogP contribution in [0.2, 0.25) is 0 Å². The Bertz CT molecular complexity index is 1160. The Balaban J connectivity index is 1.51. The first-order chi connectivity index (χ1) is 17.3. The van der Waals surface area contributed by atoms with Crippen molar-refractivity contribution in [2.75, 3.05) is 34.0 Å². The highest BCUT2D eigenvalue weighted by Gasteiger charge is 2.48. The van der Waals surface area contributed by atoms with E-state index in [1.807, 2.05) is 70.2 Å². The van der Waals surface area contributed by atoms with Crippen molar-refractivity contribution < 1.29 is 28.5 Å². The van der Waals surface area contributed by atoms with Gasteiger partial charge < -0.3 is 23.7 Å². The molecule has 192 valence electrons. The van der Waals surface area contributed by atoms with Crippen molar-refractivity contribution in [2.24, 2.45) is 11.8 Å². The molecule has 0 spiro atoms. The van der Waals surface area contributed by atoms with Gasteiger partial charge in [0.1, 0.15) is 12.4 Å². The number of carbonyl (C=O) groups is 1. The first-order valence-electron chi connectivity index (χ1n) is 12.4. The summed E-state index contributed by atoms with van der Waals surface area (Å²) in [6.07, 6.45) is 3.46. The molecule has 6 nitrogen and oxygen atoms in total. The fraction of sp³-hybridized carbons (Fsp3) is 0.433. The van der Waals surface area contributed by atoms with Crippen LogP contribution in [-0.4, -0.2) is 39.8 Å². The average molecular weight is 493 g/mol. The summed E-state index contributed by atoms with van der Waals surface area (Å²) in [5.74, 6) is 2.33. The molecule has 6 heteroatoms. The molecule has 2 aliphatic rings. The van der Waals surface area contributed by atoms with Crippen molar-refractivity contribution in [1.82, 2.24) is 0 Å². The third-order valence-electron chi connectivity index (χ3n) is 6.75. The largest absolute Gasteiger partial charge is 0.496 e. The van der Waals surface area contributed by atoms with Gasteiger partial charge in [0.25, 0.3) is 0 Å². The summed E-state index contributed by atoms with van der Waals surface area (Å²) >= 11 is 0. The molecule has 0 aliphatic carbocycles. The topological polar surface area (TPSA) is 63.2 Å². The Labute approximate surface area is 213 Å². The van der Waals surface area contributed by atoms with E-state index in [4.69, 9.17) is 23.7 Å². The van der Waals surface area contributed by atoms with Gasteiger partial charge in [-0.25, -0.2) is 0 Å². The number of allylic oxidation sites excluding steroid dienone is 3. The Morgan fingerprint density at radius 2 is 1.42 bits per heavy atom. The molecule has 0 aromatic heterocycles. The van der Waals surface area contributed by atoms with E-state index in [0.29, 0.717) is 42.6 Å². The first-order valence-corrected chi connectivity index (χ1v) is 12.4. The minimum Gasteiger partial charge on any atom is -0.496 e. The zero-order chi connectivity index (χ0) is 25.8. The standard InChI is InChI=1S/C30H36O6/c1-18(2)11-12-34-26-10-8-21(15-28(26)33-6)30-24-17-35-29(23(24)16-36-30)20-7-9-22(27(14-20)32-5)25(31)13-19(3)4/h7-11,13-15,23-24,29-30H,12,16-17H2,1-6H3. The molecule has 0 saturated carbocycles. The summed E-state index contributed by atoms with van der Waals surface area (Å²) in [4.78, 5) is 12.6. The van der Waals surface area contributed by atoms with Crippen LogP contribution in [0.1, 0.15) is 61.4 Å². The smallest absolute Gasteiger partial charge is 0.189 e. The number of carbonyl (C=O) groups excluding carboxylic acids is 1. The zero-order valence-electron chi connectivity index (χ0n) is 22.0. The second-order valence-electron chi connectivity index (χ2n) is 9.88. The molecule has 2 aromatic rings. The number of ether oxygens (including phenoxy) is 5. The maximum atomic E-state index is 12.6. The van der Waals surface area contributed by atoms with E-state index in [1.165, 1.54) is 5.57 Å². The Morgan fingerprint density at radius 1 is 0.833 bits per heavy atom. The Kier molecular flexibility index (Phi) is 8.17. The summed E-state index contributed by atoms with van der Waals surface area (Å²) in [5.41, 5.74) is 4.76. The molecule has 0 amide bonds. The van der Waals surface area contributed by atoms with Crippen LogP contribution in [0.15, 0.2) is 59.7 Å². The Hall–Kier alpha value is -3.09. The Morgan fingerprint density at radius 3 is 1.97 bits per heavy atom. The number of fused-ring (bicyclic) bond motifs is 1. The molecule has 2 aliphatic heterocycles. The van der Waals surface area contributed by atoms with Gasteiger partial charge in [-0.3, -0.25) is 4.79 Å². The molecule has 36 heavy (non-hydrogen) atoms. The van der Waals surface area contributed by atoms with Gasteiger partial charge in [0, 0.05) is 11.8 Å². The second-order valence-corrected chi connectivity index (χ2v) is 9.88. The van der Waals surface area contributed by atoms with Crippen molar-refractivity contribution in [3.8, 4) is 17.2 Å².